The Morgan fingerprint density at radius 2 is 1.72 bits per heavy atom. The number of ether oxygens (including phenoxy) is 3. The fourth-order valence-corrected chi connectivity index (χ4v) is 4.77. The summed E-state index contributed by atoms with van der Waals surface area (Å²) in [6.07, 6.45) is -5.47. The molecule has 0 bridgehead atoms. The van der Waals surface area contributed by atoms with Crippen molar-refractivity contribution in [1.29, 1.82) is 0 Å². The molecule has 29 heavy (non-hydrogen) atoms. The summed E-state index contributed by atoms with van der Waals surface area (Å²) in [4.78, 5) is 0. The maximum Gasteiger partial charge on any atom is 0.449 e. The topological polar surface area (TPSA) is 47.9 Å². The van der Waals surface area contributed by atoms with E-state index in [1.165, 1.54) is 0 Å². The zero-order valence-electron chi connectivity index (χ0n) is 15.2. The Hall–Kier alpha value is -2.19. The Balaban J connectivity index is 1.88. The number of hydrogen-bond donors (Lipinski definition) is 1. The van der Waals surface area contributed by atoms with Crippen LogP contribution < -0.4 is 9.47 Å². The first-order chi connectivity index (χ1) is 13.9. The second-order valence-electron chi connectivity index (χ2n) is 6.87. The van der Waals surface area contributed by atoms with Crippen molar-refractivity contribution in [2.24, 2.45) is 0 Å². The molecule has 8 heteroatoms. The highest BCUT2D eigenvalue weighted by molar-refractivity contribution is 9.11. The molecule has 0 saturated carbocycles. The van der Waals surface area contributed by atoms with Crippen LogP contribution in [0.25, 0.3) is 0 Å². The van der Waals surface area contributed by atoms with E-state index in [0.29, 0.717) is 11.5 Å². The predicted octanol–water partition coefficient (Wildman–Crippen LogP) is 5.23. The van der Waals surface area contributed by atoms with Crippen LogP contribution in [0, 0.1) is 0 Å². The average molecular weight is 471 g/mol. The second kappa shape index (κ2) is 7.91. The number of hydrogen-bond acceptors (Lipinski definition) is 4. The Morgan fingerprint density at radius 3 is 2.41 bits per heavy atom. The predicted molar refractivity (Wildman–Crippen MR) is 103 cm³/mol. The van der Waals surface area contributed by atoms with E-state index in [2.05, 4.69) is 15.9 Å². The van der Waals surface area contributed by atoms with Crippen LogP contribution in [0.15, 0.2) is 58.8 Å². The van der Waals surface area contributed by atoms with Crippen LogP contribution in [0.5, 0.6) is 11.5 Å². The number of aliphatic hydroxyl groups is 1. The highest BCUT2D eigenvalue weighted by Crippen LogP contribution is 2.53. The lowest BCUT2D eigenvalue weighted by molar-refractivity contribution is -0.149. The van der Waals surface area contributed by atoms with Gasteiger partial charge in [0.25, 0.3) is 0 Å². The molecule has 2 aliphatic rings. The van der Waals surface area contributed by atoms with Crippen molar-refractivity contribution in [3.8, 4) is 11.5 Å². The first kappa shape index (κ1) is 20.1. The van der Waals surface area contributed by atoms with E-state index in [1.807, 2.05) is 6.07 Å². The van der Waals surface area contributed by atoms with E-state index in [1.54, 1.807) is 42.5 Å². The number of halogens is 4. The number of allylic oxidation sites excluding steroid dienone is 2. The number of fused-ring (bicyclic) bond motifs is 1. The van der Waals surface area contributed by atoms with Crippen LogP contribution in [0.2, 0.25) is 0 Å². The van der Waals surface area contributed by atoms with Gasteiger partial charge in [-0.15, -0.1) is 0 Å². The summed E-state index contributed by atoms with van der Waals surface area (Å²) in [5, 5.41) is 9.52. The van der Waals surface area contributed by atoms with Crippen LogP contribution in [0.1, 0.15) is 29.4 Å². The molecule has 0 aromatic heterocycles. The van der Waals surface area contributed by atoms with Gasteiger partial charge in [-0.3, -0.25) is 0 Å². The third-order valence-electron chi connectivity index (χ3n) is 5.13. The van der Waals surface area contributed by atoms with Crippen molar-refractivity contribution in [2.45, 2.75) is 30.5 Å². The van der Waals surface area contributed by atoms with Crippen molar-refractivity contribution in [1.82, 2.24) is 0 Å². The summed E-state index contributed by atoms with van der Waals surface area (Å²) in [6, 6.07) is 14.3. The fraction of sp³-hybridized carbons (Fsp3) is 0.333. The summed E-state index contributed by atoms with van der Waals surface area (Å²) in [5.41, 5.74) is 1.47. The molecule has 154 valence electrons. The molecule has 2 aromatic rings. The molecular weight excluding hydrogens is 453 g/mol. The van der Waals surface area contributed by atoms with Crippen LogP contribution in [0.4, 0.5) is 13.2 Å². The minimum Gasteiger partial charge on any atom is -0.484 e. The van der Waals surface area contributed by atoms with Gasteiger partial charge < -0.3 is 19.3 Å². The first-order valence-corrected chi connectivity index (χ1v) is 9.88. The Morgan fingerprint density at radius 1 is 1.00 bits per heavy atom. The summed E-state index contributed by atoms with van der Waals surface area (Å²) >= 11 is 3.19. The maximum atomic E-state index is 13.7. The molecule has 0 fully saturated rings. The van der Waals surface area contributed by atoms with Crippen molar-refractivity contribution in [3.63, 3.8) is 0 Å². The molecule has 0 aliphatic carbocycles. The summed E-state index contributed by atoms with van der Waals surface area (Å²) in [6.45, 7) is -0.195. The molecule has 2 heterocycles. The number of aliphatic hydroxyl groups excluding tert-OH is 1. The SMILES string of the molecule is OCC[C@H]1OC(C(F)(F)F)=C(Br)[C@@H](c2ccccc2)[C@@H]1c1ccc2c(c1)OCO2. The minimum atomic E-state index is -4.65. The third kappa shape index (κ3) is 3.83. The molecule has 0 saturated heterocycles. The summed E-state index contributed by atoms with van der Waals surface area (Å²) in [5.74, 6) is -1.04. The molecule has 4 nitrogen and oxygen atoms in total. The van der Waals surface area contributed by atoms with Gasteiger partial charge in [0.1, 0.15) is 6.10 Å². The average Bonchev–Trinajstić information content (AvgIpc) is 3.16. The van der Waals surface area contributed by atoms with E-state index >= 15 is 0 Å². The van der Waals surface area contributed by atoms with Gasteiger partial charge in [0.15, 0.2) is 11.5 Å². The molecule has 3 atom stereocenters. The van der Waals surface area contributed by atoms with Crippen LogP contribution >= 0.6 is 15.9 Å². The van der Waals surface area contributed by atoms with Gasteiger partial charge in [0.05, 0.1) is 4.48 Å². The Bertz CT molecular complexity index is 914. The smallest absolute Gasteiger partial charge is 0.449 e. The van der Waals surface area contributed by atoms with E-state index in [0.717, 1.165) is 11.1 Å². The number of alkyl halides is 3. The van der Waals surface area contributed by atoms with Crippen molar-refractivity contribution >= 4 is 15.9 Å². The lowest BCUT2D eigenvalue weighted by Crippen LogP contribution is -2.37. The van der Waals surface area contributed by atoms with Crippen LogP contribution in [-0.4, -0.2) is 30.8 Å². The van der Waals surface area contributed by atoms with Gasteiger partial charge in [0, 0.05) is 24.9 Å². The first-order valence-electron chi connectivity index (χ1n) is 9.09. The molecule has 4 rings (SSSR count). The van der Waals surface area contributed by atoms with E-state index < -0.39 is 29.9 Å². The van der Waals surface area contributed by atoms with Gasteiger partial charge in [0.2, 0.25) is 12.6 Å². The molecule has 0 spiro atoms. The van der Waals surface area contributed by atoms with Gasteiger partial charge in [-0.2, -0.15) is 13.2 Å². The largest absolute Gasteiger partial charge is 0.484 e. The molecule has 2 aliphatic heterocycles. The van der Waals surface area contributed by atoms with Gasteiger partial charge in [-0.1, -0.05) is 52.3 Å². The Labute approximate surface area is 174 Å². The molecule has 0 unspecified atom stereocenters. The molecular formula is C21H18BrF3O4. The highest BCUT2D eigenvalue weighted by atomic mass is 79.9. The van der Waals surface area contributed by atoms with Crippen molar-refractivity contribution < 1.29 is 32.5 Å². The lowest BCUT2D eigenvalue weighted by atomic mass is 9.75. The normalized spacial score (nSPS) is 23.8. The third-order valence-corrected chi connectivity index (χ3v) is 5.98. The zero-order chi connectivity index (χ0) is 20.6. The summed E-state index contributed by atoms with van der Waals surface area (Å²) in [7, 11) is 0. The van der Waals surface area contributed by atoms with E-state index in [9.17, 15) is 18.3 Å². The van der Waals surface area contributed by atoms with Crippen molar-refractivity contribution in [2.75, 3.05) is 13.4 Å². The summed E-state index contributed by atoms with van der Waals surface area (Å²) < 4.78 is 57.2. The minimum absolute atomic E-state index is 0.0578. The van der Waals surface area contributed by atoms with Crippen molar-refractivity contribution in [3.05, 3.63) is 69.9 Å². The monoisotopic (exact) mass is 470 g/mol. The maximum absolute atomic E-state index is 13.7. The molecule has 1 N–H and O–H groups in total. The van der Waals surface area contributed by atoms with E-state index in [-0.39, 0.29) is 24.3 Å². The molecule has 2 aromatic carbocycles. The quantitative estimate of drug-likeness (QED) is 0.664. The fourth-order valence-electron chi connectivity index (χ4n) is 3.90. The van der Waals surface area contributed by atoms with Gasteiger partial charge in [-0.25, -0.2) is 0 Å². The molecule has 0 radical (unpaired) electrons. The van der Waals surface area contributed by atoms with Gasteiger partial charge in [-0.05, 0) is 23.3 Å². The lowest BCUT2D eigenvalue weighted by Gasteiger charge is -2.40. The second-order valence-corrected chi connectivity index (χ2v) is 7.72. The highest BCUT2D eigenvalue weighted by Gasteiger charge is 2.49. The van der Waals surface area contributed by atoms with Crippen LogP contribution in [0.3, 0.4) is 0 Å². The zero-order valence-corrected chi connectivity index (χ0v) is 16.7. The molecule has 0 amide bonds. The van der Waals surface area contributed by atoms with E-state index in [4.69, 9.17) is 14.2 Å². The van der Waals surface area contributed by atoms with Crippen LogP contribution in [-0.2, 0) is 4.74 Å². The standard InChI is InChI=1S/C21H18BrF3O4/c22-19-18(12-4-2-1-3-5-12)17(13-6-7-14-16(10-13)28-11-27-14)15(8-9-26)29-20(19)21(23,24)25/h1-7,10,15,17-18,26H,8-9,11H2/t15-,17-,18+/m1/s1. The number of rotatable bonds is 4. The number of benzene rings is 2. The Kier molecular flexibility index (Phi) is 5.48. The van der Waals surface area contributed by atoms with Gasteiger partial charge >= 0.3 is 6.18 Å².